The number of aliphatic hydroxyl groups is 1. The van der Waals surface area contributed by atoms with Gasteiger partial charge in [0.05, 0.1) is 5.69 Å². The number of rotatable bonds is 6. The van der Waals surface area contributed by atoms with E-state index in [9.17, 15) is 4.79 Å². The molecule has 1 saturated heterocycles. The van der Waals surface area contributed by atoms with Gasteiger partial charge in [-0.3, -0.25) is 9.48 Å². The van der Waals surface area contributed by atoms with E-state index in [0.717, 1.165) is 31.6 Å². The summed E-state index contributed by atoms with van der Waals surface area (Å²) in [6.45, 7) is 4.84. The molecule has 0 aromatic carbocycles. The van der Waals surface area contributed by atoms with E-state index in [-0.39, 0.29) is 12.5 Å². The Bertz CT molecular complexity index is 426. The number of hydrogen-bond acceptors (Lipinski definition) is 5. The predicted molar refractivity (Wildman–Crippen MR) is 73.8 cm³/mol. The minimum atomic E-state index is 0.162. The second-order valence-electron chi connectivity index (χ2n) is 5.21. The van der Waals surface area contributed by atoms with Crippen LogP contribution in [0.3, 0.4) is 0 Å². The van der Waals surface area contributed by atoms with E-state index in [1.807, 2.05) is 11.1 Å². The fourth-order valence-electron chi connectivity index (χ4n) is 2.41. The van der Waals surface area contributed by atoms with Gasteiger partial charge >= 0.3 is 0 Å². The average Bonchev–Trinajstić information content (AvgIpc) is 2.91. The van der Waals surface area contributed by atoms with Crippen LogP contribution in [0.4, 0.5) is 0 Å². The van der Waals surface area contributed by atoms with Gasteiger partial charge in [0.25, 0.3) is 0 Å². The van der Waals surface area contributed by atoms with Crippen LogP contribution in [0.2, 0.25) is 0 Å². The van der Waals surface area contributed by atoms with Crippen molar-refractivity contribution in [2.45, 2.75) is 45.3 Å². The van der Waals surface area contributed by atoms with E-state index < -0.39 is 0 Å². The van der Waals surface area contributed by atoms with Gasteiger partial charge in [0.2, 0.25) is 5.91 Å². The van der Waals surface area contributed by atoms with E-state index in [1.165, 1.54) is 0 Å². The number of carbonyl (C=O) groups excluding carboxylic acids is 1. The number of aryl methyl sites for hydroxylation is 1. The molecule has 1 fully saturated rings. The van der Waals surface area contributed by atoms with Crippen LogP contribution in [0.25, 0.3) is 0 Å². The van der Waals surface area contributed by atoms with Crippen LogP contribution in [0, 0.1) is 0 Å². The Labute approximate surface area is 119 Å². The molecular weight excluding hydrogens is 258 g/mol. The molecule has 7 nitrogen and oxygen atoms in total. The minimum Gasteiger partial charge on any atom is -0.396 e. The number of carbonyl (C=O) groups is 1. The Morgan fingerprint density at radius 2 is 2.25 bits per heavy atom. The topological polar surface area (TPSA) is 83.3 Å². The first-order chi connectivity index (χ1) is 9.69. The van der Waals surface area contributed by atoms with Crippen molar-refractivity contribution in [1.82, 2.24) is 25.2 Å². The molecule has 0 aliphatic carbocycles. The van der Waals surface area contributed by atoms with Crippen molar-refractivity contribution in [3.8, 4) is 0 Å². The fourth-order valence-corrected chi connectivity index (χ4v) is 2.41. The Balaban J connectivity index is 1.70. The van der Waals surface area contributed by atoms with E-state index in [2.05, 4.69) is 15.6 Å². The number of piperidine rings is 1. The van der Waals surface area contributed by atoms with Gasteiger partial charge in [-0.1, -0.05) is 5.21 Å². The summed E-state index contributed by atoms with van der Waals surface area (Å²) in [6.07, 6.45) is 4.57. The third-order valence-corrected chi connectivity index (χ3v) is 3.64. The van der Waals surface area contributed by atoms with Gasteiger partial charge in [0.15, 0.2) is 0 Å². The summed E-state index contributed by atoms with van der Waals surface area (Å²) in [6, 6.07) is 0.438. The summed E-state index contributed by atoms with van der Waals surface area (Å²) in [7, 11) is 0. The standard InChI is InChI=1S/C13H23N5O2/c1-11(20)17-6-3-12(4-7-17)14-9-13-10-18(16-15-13)5-2-8-19/h10,12,14,19H,2-9H2,1H3. The first-order valence-electron chi connectivity index (χ1n) is 7.18. The van der Waals surface area contributed by atoms with Gasteiger partial charge < -0.3 is 15.3 Å². The monoisotopic (exact) mass is 281 g/mol. The molecule has 0 unspecified atom stereocenters. The molecule has 0 saturated carbocycles. The summed E-state index contributed by atoms with van der Waals surface area (Å²) in [5, 5.41) is 20.3. The molecule has 1 aliphatic rings. The zero-order valence-corrected chi connectivity index (χ0v) is 12.0. The van der Waals surface area contributed by atoms with Crippen molar-refractivity contribution >= 4 is 5.91 Å². The zero-order valence-electron chi connectivity index (χ0n) is 12.0. The van der Waals surface area contributed by atoms with E-state index in [0.29, 0.717) is 25.6 Å². The SMILES string of the molecule is CC(=O)N1CCC(NCc2cn(CCCO)nn2)CC1. The van der Waals surface area contributed by atoms with Crippen molar-refractivity contribution in [3.05, 3.63) is 11.9 Å². The Morgan fingerprint density at radius 1 is 1.50 bits per heavy atom. The molecule has 2 rings (SSSR count). The van der Waals surface area contributed by atoms with Gasteiger partial charge in [0, 0.05) is 51.9 Å². The van der Waals surface area contributed by atoms with E-state index in [4.69, 9.17) is 5.11 Å². The molecule has 1 aliphatic heterocycles. The molecule has 2 heterocycles. The minimum absolute atomic E-state index is 0.162. The molecule has 20 heavy (non-hydrogen) atoms. The average molecular weight is 281 g/mol. The predicted octanol–water partition coefficient (Wildman–Crippen LogP) is -0.239. The van der Waals surface area contributed by atoms with Crippen LogP contribution in [-0.2, 0) is 17.9 Å². The maximum absolute atomic E-state index is 11.2. The number of aromatic nitrogens is 3. The van der Waals surface area contributed by atoms with Gasteiger partial charge in [-0.15, -0.1) is 5.10 Å². The van der Waals surface area contributed by atoms with Crippen molar-refractivity contribution < 1.29 is 9.90 Å². The van der Waals surface area contributed by atoms with Crippen LogP contribution in [0.5, 0.6) is 0 Å². The highest BCUT2D eigenvalue weighted by molar-refractivity contribution is 5.73. The summed E-state index contributed by atoms with van der Waals surface area (Å²) >= 11 is 0. The molecule has 0 spiro atoms. The first kappa shape index (κ1) is 14.9. The van der Waals surface area contributed by atoms with Crippen LogP contribution in [0.1, 0.15) is 31.9 Å². The Morgan fingerprint density at radius 3 is 2.90 bits per heavy atom. The van der Waals surface area contributed by atoms with Gasteiger partial charge in [-0.25, -0.2) is 0 Å². The van der Waals surface area contributed by atoms with Crippen LogP contribution in [-0.4, -0.2) is 56.6 Å². The number of aliphatic hydroxyl groups excluding tert-OH is 1. The highest BCUT2D eigenvalue weighted by Crippen LogP contribution is 2.10. The van der Waals surface area contributed by atoms with Crippen molar-refractivity contribution in [2.24, 2.45) is 0 Å². The Hall–Kier alpha value is -1.47. The lowest BCUT2D eigenvalue weighted by atomic mass is 10.1. The molecule has 7 heteroatoms. The molecule has 2 N–H and O–H groups in total. The van der Waals surface area contributed by atoms with Crippen LogP contribution < -0.4 is 5.32 Å². The lowest BCUT2D eigenvalue weighted by molar-refractivity contribution is -0.129. The second-order valence-corrected chi connectivity index (χ2v) is 5.21. The van der Waals surface area contributed by atoms with Gasteiger partial charge in [-0.2, -0.15) is 0 Å². The summed E-state index contributed by atoms with van der Waals surface area (Å²) in [4.78, 5) is 13.1. The van der Waals surface area contributed by atoms with Crippen molar-refractivity contribution in [3.63, 3.8) is 0 Å². The van der Waals surface area contributed by atoms with E-state index in [1.54, 1.807) is 11.6 Å². The molecule has 0 bridgehead atoms. The third-order valence-electron chi connectivity index (χ3n) is 3.64. The van der Waals surface area contributed by atoms with Gasteiger partial charge in [0.1, 0.15) is 0 Å². The normalized spacial score (nSPS) is 16.6. The molecule has 112 valence electrons. The lowest BCUT2D eigenvalue weighted by Crippen LogP contribution is -2.43. The highest BCUT2D eigenvalue weighted by Gasteiger charge is 2.20. The summed E-state index contributed by atoms with van der Waals surface area (Å²) in [5.41, 5.74) is 0.914. The zero-order chi connectivity index (χ0) is 14.4. The van der Waals surface area contributed by atoms with Crippen LogP contribution >= 0.6 is 0 Å². The van der Waals surface area contributed by atoms with E-state index >= 15 is 0 Å². The largest absolute Gasteiger partial charge is 0.396 e. The smallest absolute Gasteiger partial charge is 0.219 e. The summed E-state index contributed by atoms with van der Waals surface area (Å²) < 4.78 is 1.76. The Kier molecular flexibility index (Phi) is 5.49. The quantitative estimate of drug-likeness (QED) is 0.752. The number of amides is 1. The number of hydrogen-bond donors (Lipinski definition) is 2. The van der Waals surface area contributed by atoms with Gasteiger partial charge in [-0.05, 0) is 19.3 Å². The third kappa shape index (κ3) is 4.28. The molecular formula is C13H23N5O2. The highest BCUT2D eigenvalue weighted by atomic mass is 16.3. The molecule has 1 aromatic rings. The molecule has 1 aromatic heterocycles. The maximum Gasteiger partial charge on any atom is 0.219 e. The fraction of sp³-hybridized carbons (Fsp3) is 0.769. The first-order valence-corrected chi connectivity index (χ1v) is 7.18. The molecule has 1 amide bonds. The molecule has 0 radical (unpaired) electrons. The number of nitrogens with one attached hydrogen (secondary N) is 1. The second kappa shape index (κ2) is 7.35. The number of nitrogens with zero attached hydrogens (tertiary/aromatic N) is 4. The van der Waals surface area contributed by atoms with Crippen molar-refractivity contribution in [2.75, 3.05) is 19.7 Å². The maximum atomic E-state index is 11.2. The lowest BCUT2D eigenvalue weighted by Gasteiger charge is -2.31. The summed E-state index contributed by atoms with van der Waals surface area (Å²) in [5.74, 6) is 0.162. The van der Waals surface area contributed by atoms with Crippen molar-refractivity contribution in [1.29, 1.82) is 0 Å². The molecule has 0 atom stereocenters. The van der Waals surface area contributed by atoms with Crippen LogP contribution in [0.15, 0.2) is 6.20 Å². The number of likely N-dealkylation sites (tertiary alicyclic amines) is 1.